The Balaban J connectivity index is 1.52. The second-order valence-electron chi connectivity index (χ2n) is 12.2. The number of cyclic esters (lactones) is 1. The van der Waals surface area contributed by atoms with E-state index in [0.29, 0.717) is 51.7 Å². The summed E-state index contributed by atoms with van der Waals surface area (Å²) in [7, 11) is 1.51. The number of hydrogen-bond acceptors (Lipinski definition) is 13. The van der Waals surface area contributed by atoms with Crippen LogP contribution in [0.3, 0.4) is 0 Å². The number of phenolic OH excluding ortho intramolecular Hbond substituents is 1. The molecular formula is C32H34N4O9S. The predicted octanol–water partition coefficient (Wildman–Crippen LogP) is 2.39. The van der Waals surface area contributed by atoms with E-state index in [1.807, 2.05) is 13.0 Å². The molecule has 0 saturated carbocycles. The van der Waals surface area contributed by atoms with E-state index in [1.165, 1.54) is 32.7 Å². The highest BCUT2D eigenvalue weighted by Crippen LogP contribution is 2.62. The maximum Gasteiger partial charge on any atom is 0.329 e. The lowest BCUT2D eigenvalue weighted by molar-refractivity contribution is -0.150. The van der Waals surface area contributed by atoms with Gasteiger partial charge in [-0.3, -0.25) is 14.5 Å². The molecule has 2 aromatic carbocycles. The summed E-state index contributed by atoms with van der Waals surface area (Å²) in [6.07, 6.45) is 0.470. The van der Waals surface area contributed by atoms with E-state index >= 15 is 0 Å². The number of carbonyl (C=O) groups is 3. The molecule has 1 amide bonds. The monoisotopic (exact) mass is 650 g/mol. The maximum atomic E-state index is 13.4. The number of fused-ring (bicyclic) bond motifs is 9. The Labute approximate surface area is 269 Å². The first kappa shape index (κ1) is 30.5. The number of phenols is 1. The van der Waals surface area contributed by atoms with Crippen LogP contribution in [0.2, 0.25) is 0 Å². The molecule has 46 heavy (non-hydrogen) atoms. The van der Waals surface area contributed by atoms with Crippen molar-refractivity contribution in [1.29, 1.82) is 5.26 Å². The van der Waals surface area contributed by atoms with Crippen molar-refractivity contribution in [2.45, 2.75) is 75.6 Å². The van der Waals surface area contributed by atoms with Crippen LogP contribution in [0, 0.1) is 25.2 Å². The van der Waals surface area contributed by atoms with Crippen LogP contribution in [-0.4, -0.2) is 78.3 Å². The van der Waals surface area contributed by atoms with E-state index in [4.69, 9.17) is 23.7 Å². The Hall–Kier alpha value is -4.19. The molecule has 14 heteroatoms. The summed E-state index contributed by atoms with van der Waals surface area (Å²) in [6.45, 7) is 6.09. The Morgan fingerprint density at radius 2 is 1.91 bits per heavy atom. The van der Waals surface area contributed by atoms with Crippen molar-refractivity contribution in [2.75, 3.05) is 26.3 Å². The minimum Gasteiger partial charge on any atom is -0.504 e. The molecule has 2 aromatic rings. The van der Waals surface area contributed by atoms with Crippen LogP contribution in [0.25, 0.3) is 0 Å². The first-order chi connectivity index (χ1) is 22.0. The molecule has 0 spiro atoms. The van der Waals surface area contributed by atoms with Crippen molar-refractivity contribution in [1.82, 2.24) is 15.5 Å². The molecule has 3 N–H and O–H groups in total. The number of aromatic hydroxyl groups is 1. The lowest BCUT2D eigenvalue weighted by Crippen LogP contribution is -2.69. The number of benzene rings is 2. The summed E-state index contributed by atoms with van der Waals surface area (Å²) >= 11 is 1.38. The molecule has 5 aliphatic heterocycles. The van der Waals surface area contributed by atoms with Crippen molar-refractivity contribution < 1.29 is 43.2 Å². The predicted molar refractivity (Wildman–Crippen MR) is 163 cm³/mol. The normalized spacial score (nSPS) is 29.0. The van der Waals surface area contributed by atoms with E-state index in [1.54, 1.807) is 6.92 Å². The summed E-state index contributed by atoms with van der Waals surface area (Å²) in [5.74, 6) is 0.189. The van der Waals surface area contributed by atoms with E-state index in [-0.39, 0.29) is 36.9 Å². The third-order valence-corrected chi connectivity index (χ3v) is 10.9. The van der Waals surface area contributed by atoms with Gasteiger partial charge >= 0.3 is 11.9 Å². The SMILES string of the molecule is COc1c(C)cc2c(c1O)[C@@H]1N[C@H](C2)[C@H](C#N)N2C3COC(=O)C(NC(C)=O)CS[C@H](c4c(OC(C)=O)c(C)c5c(c43)OCO5)C12. The molecule has 7 rings (SSSR count). The van der Waals surface area contributed by atoms with Crippen LogP contribution >= 0.6 is 11.8 Å². The Morgan fingerprint density at radius 1 is 1.15 bits per heavy atom. The van der Waals surface area contributed by atoms with Crippen molar-refractivity contribution in [3.63, 3.8) is 0 Å². The highest BCUT2D eigenvalue weighted by atomic mass is 32.2. The number of carbonyl (C=O) groups excluding carboxylic acids is 3. The van der Waals surface area contributed by atoms with Gasteiger partial charge in [0.25, 0.3) is 0 Å². The number of nitrogens with one attached hydrogen (secondary N) is 2. The molecule has 13 nitrogen and oxygen atoms in total. The van der Waals surface area contributed by atoms with Gasteiger partial charge in [-0.15, -0.1) is 11.8 Å². The number of aryl methyl sites for hydroxylation is 1. The lowest BCUT2D eigenvalue weighted by Gasteiger charge is -2.59. The summed E-state index contributed by atoms with van der Waals surface area (Å²) in [5, 5.41) is 28.3. The number of hydrogen-bond donors (Lipinski definition) is 3. The van der Waals surface area contributed by atoms with Crippen LogP contribution < -0.4 is 29.6 Å². The molecular weight excluding hydrogens is 616 g/mol. The van der Waals surface area contributed by atoms with Gasteiger partial charge < -0.3 is 39.4 Å². The Morgan fingerprint density at radius 3 is 2.61 bits per heavy atom. The van der Waals surface area contributed by atoms with Gasteiger partial charge in [-0.2, -0.15) is 5.26 Å². The fourth-order valence-electron chi connectivity index (χ4n) is 7.92. The quantitative estimate of drug-likeness (QED) is 0.327. The molecule has 0 aliphatic carbocycles. The summed E-state index contributed by atoms with van der Waals surface area (Å²) in [5.41, 5.74) is 4.22. The average Bonchev–Trinajstić information content (AvgIpc) is 3.50. The zero-order chi connectivity index (χ0) is 32.6. The van der Waals surface area contributed by atoms with Gasteiger partial charge in [0.05, 0.1) is 30.5 Å². The standard InChI is InChI=1S/C32H34N4O9S/c1-12-6-16-7-17-19(8-33)36-20-9-42-32(40)18(34-14(3)37)10-46-31(25(36)24(35-17)21(16)26(39)27(12)41-5)23-22(20)30-29(43-11-44-30)13(2)28(23)45-15(4)38/h6,17-20,24-25,31,35,39H,7,9-11H2,1-5H3,(H,34,37)/t17-,18?,19+,20?,24+,25?,31-/m1/s1. The van der Waals surface area contributed by atoms with Gasteiger partial charge in [0, 0.05) is 53.9 Å². The average molecular weight is 651 g/mol. The smallest absolute Gasteiger partial charge is 0.329 e. The number of esters is 2. The highest BCUT2D eigenvalue weighted by Gasteiger charge is 2.59. The zero-order valence-electron chi connectivity index (χ0n) is 26.0. The van der Waals surface area contributed by atoms with Crippen molar-refractivity contribution in [3.05, 3.63) is 39.4 Å². The number of piperazine rings is 1. The van der Waals surface area contributed by atoms with Crippen LogP contribution in [-0.2, 0) is 25.5 Å². The number of nitriles is 1. The topological polar surface area (TPSA) is 169 Å². The summed E-state index contributed by atoms with van der Waals surface area (Å²) < 4.78 is 29.4. The lowest BCUT2D eigenvalue weighted by atomic mass is 9.72. The van der Waals surface area contributed by atoms with Gasteiger partial charge in [0.2, 0.25) is 12.7 Å². The van der Waals surface area contributed by atoms with E-state index < -0.39 is 47.4 Å². The highest BCUT2D eigenvalue weighted by molar-refractivity contribution is 7.99. The largest absolute Gasteiger partial charge is 0.504 e. The molecule has 242 valence electrons. The molecule has 4 bridgehead atoms. The molecule has 0 radical (unpaired) electrons. The minimum absolute atomic E-state index is 0.0200. The van der Waals surface area contributed by atoms with Crippen molar-refractivity contribution in [2.24, 2.45) is 0 Å². The van der Waals surface area contributed by atoms with Crippen LogP contribution in [0.4, 0.5) is 0 Å². The number of amides is 1. The van der Waals surface area contributed by atoms with Gasteiger partial charge in [0.1, 0.15) is 24.4 Å². The van der Waals surface area contributed by atoms with E-state index in [9.17, 15) is 24.8 Å². The third kappa shape index (κ3) is 4.47. The third-order valence-electron chi connectivity index (χ3n) is 9.53. The molecule has 5 aliphatic rings. The maximum absolute atomic E-state index is 13.4. The van der Waals surface area contributed by atoms with Crippen LogP contribution in [0.15, 0.2) is 6.07 Å². The number of rotatable bonds is 3. The molecule has 2 saturated heterocycles. The first-order valence-corrected chi connectivity index (χ1v) is 16.1. The molecule has 0 aromatic heterocycles. The molecule has 2 fully saturated rings. The number of ether oxygens (including phenoxy) is 5. The second kappa shape index (κ2) is 11.3. The van der Waals surface area contributed by atoms with Gasteiger partial charge in [-0.1, -0.05) is 6.07 Å². The minimum atomic E-state index is -0.947. The summed E-state index contributed by atoms with van der Waals surface area (Å²) in [4.78, 5) is 40.1. The van der Waals surface area contributed by atoms with E-state index in [2.05, 4.69) is 21.6 Å². The Kier molecular flexibility index (Phi) is 7.45. The molecule has 3 unspecified atom stereocenters. The van der Waals surface area contributed by atoms with Crippen LogP contribution in [0.1, 0.15) is 64.6 Å². The first-order valence-electron chi connectivity index (χ1n) is 15.1. The van der Waals surface area contributed by atoms with Crippen LogP contribution in [0.5, 0.6) is 28.7 Å². The second-order valence-corrected chi connectivity index (χ2v) is 13.4. The number of thioether (sulfide) groups is 1. The number of methoxy groups -OCH3 is 1. The fourth-order valence-corrected chi connectivity index (χ4v) is 9.43. The Bertz CT molecular complexity index is 1720. The molecule has 5 heterocycles. The zero-order valence-corrected chi connectivity index (χ0v) is 26.8. The fraction of sp³-hybridized carbons (Fsp3) is 0.500. The van der Waals surface area contributed by atoms with Gasteiger partial charge in [-0.25, -0.2) is 4.79 Å². The van der Waals surface area contributed by atoms with Crippen molar-refractivity contribution in [3.8, 4) is 34.8 Å². The van der Waals surface area contributed by atoms with Crippen molar-refractivity contribution >= 4 is 29.6 Å². The van der Waals surface area contributed by atoms with Gasteiger partial charge in [0.15, 0.2) is 23.0 Å². The number of nitrogens with zero attached hydrogens (tertiary/aromatic N) is 2. The van der Waals surface area contributed by atoms with Gasteiger partial charge in [-0.05, 0) is 31.4 Å². The summed E-state index contributed by atoms with van der Waals surface area (Å²) in [6, 6.07) is 0.815. The molecule has 7 atom stereocenters. The van der Waals surface area contributed by atoms with E-state index in [0.717, 1.165) is 11.1 Å².